The van der Waals surface area contributed by atoms with Crippen LogP contribution in [0.2, 0.25) is 0 Å². The van der Waals surface area contributed by atoms with Gasteiger partial charge in [0.2, 0.25) is 0 Å². The van der Waals surface area contributed by atoms with Crippen molar-refractivity contribution < 1.29 is 9.53 Å². The molecule has 0 aliphatic rings. The highest BCUT2D eigenvalue weighted by molar-refractivity contribution is 7.71. The Bertz CT molecular complexity index is 511. The zero-order valence-corrected chi connectivity index (χ0v) is 9.50. The first-order valence-corrected chi connectivity index (χ1v) is 5.06. The molecule has 1 N–H and O–H groups in total. The van der Waals surface area contributed by atoms with E-state index in [-0.39, 0.29) is 12.2 Å². The van der Waals surface area contributed by atoms with E-state index in [1.807, 2.05) is 0 Å². The molecule has 0 spiro atoms. The maximum atomic E-state index is 11.3. The molecule has 0 radical (unpaired) electrons. The molecule has 0 bridgehead atoms. The Morgan fingerprint density at radius 3 is 3.06 bits per heavy atom. The Labute approximate surface area is 98.2 Å². The maximum absolute atomic E-state index is 11.3. The summed E-state index contributed by atoms with van der Waals surface area (Å²) in [5.74, 6) is -0.636. The largest absolute Gasteiger partial charge is 0.462 e. The monoisotopic (exact) mass is 234 g/mol. The molecule has 1 aromatic rings. The fourth-order valence-corrected chi connectivity index (χ4v) is 1.24. The summed E-state index contributed by atoms with van der Waals surface area (Å²) >= 11 is 5.01. The Kier molecular flexibility index (Phi) is 4.42. The predicted molar refractivity (Wildman–Crippen MR) is 61.8 cm³/mol. The summed E-state index contributed by atoms with van der Waals surface area (Å²) < 4.78 is 5.20. The van der Waals surface area contributed by atoms with Crippen LogP contribution >= 0.6 is 12.2 Å². The van der Waals surface area contributed by atoms with Gasteiger partial charge in [-0.1, -0.05) is 18.3 Å². The van der Waals surface area contributed by atoms with Gasteiger partial charge in [0.25, 0.3) is 0 Å². The second kappa shape index (κ2) is 5.83. The second-order valence-electron chi connectivity index (χ2n) is 2.84. The lowest BCUT2D eigenvalue weighted by Crippen LogP contribution is -2.06. The summed E-state index contributed by atoms with van der Waals surface area (Å²) in [4.78, 5) is 14.1. The Morgan fingerprint density at radius 2 is 2.50 bits per heavy atom. The number of nitrogens with zero attached hydrogens (tertiary/aromatic N) is 1. The Morgan fingerprint density at radius 1 is 1.75 bits per heavy atom. The van der Waals surface area contributed by atoms with Crippen LogP contribution in [0.5, 0.6) is 0 Å². The SMILES string of the molecule is CCOC(=O)/C(C#N)=C/c1ccc[nH]c1=S. The van der Waals surface area contributed by atoms with E-state index in [9.17, 15) is 4.79 Å². The molecule has 0 unspecified atom stereocenters. The van der Waals surface area contributed by atoms with E-state index in [2.05, 4.69) is 4.98 Å². The molecule has 0 aromatic carbocycles. The first kappa shape index (κ1) is 12.1. The molecule has 0 fully saturated rings. The third-order valence-corrected chi connectivity index (χ3v) is 2.12. The zero-order chi connectivity index (χ0) is 12.0. The van der Waals surface area contributed by atoms with Gasteiger partial charge in [-0.3, -0.25) is 0 Å². The van der Waals surface area contributed by atoms with E-state index in [1.54, 1.807) is 31.3 Å². The summed E-state index contributed by atoms with van der Waals surface area (Å²) in [5.41, 5.74) is 0.551. The third kappa shape index (κ3) is 3.04. The van der Waals surface area contributed by atoms with Crippen molar-refractivity contribution in [2.24, 2.45) is 0 Å². The summed E-state index contributed by atoms with van der Waals surface area (Å²) in [6, 6.07) is 5.24. The number of esters is 1. The molecule has 5 heteroatoms. The average Bonchev–Trinajstić information content (AvgIpc) is 2.28. The van der Waals surface area contributed by atoms with Gasteiger partial charge in [-0.15, -0.1) is 0 Å². The van der Waals surface area contributed by atoms with Crippen LogP contribution in [0.3, 0.4) is 0 Å². The minimum absolute atomic E-state index is 0.0625. The Hall–Kier alpha value is -1.93. The number of pyridine rings is 1. The van der Waals surface area contributed by atoms with Gasteiger partial charge in [0, 0.05) is 11.8 Å². The van der Waals surface area contributed by atoms with Crippen LogP contribution in [0.15, 0.2) is 23.9 Å². The minimum atomic E-state index is -0.636. The zero-order valence-electron chi connectivity index (χ0n) is 8.69. The number of aromatic amines is 1. The van der Waals surface area contributed by atoms with E-state index >= 15 is 0 Å². The van der Waals surface area contributed by atoms with Crippen LogP contribution in [0.1, 0.15) is 12.5 Å². The number of H-pyrrole nitrogens is 1. The predicted octanol–water partition coefficient (Wildman–Crippen LogP) is 2.21. The quantitative estimate of drug-likeness (QED) is 0.377. The Balaban J connectivity index is 3.07. The van der Waals surface area contributed by atoms with Crippen molar-refractivity contribution in [3.63, 3.8) is 0 Å². The number of nitriles is 1. The van der Waals surface area contributed by atoms with Gasteiger partial charge >= 0.3 is 5.97 Å². The van der Waals surface area contributed by atoms with E-state index < -0.39 is 5.97 Å². The smallest absolute Gasteiger partial charge is 0.348 e. The fourth-order valence-electron chi connectivity index (χ4n) is 1.05. The van der Waals surface area contributed by atoms with Crippen LogP contribution in [-0.2, 0) is 9.53 Å². The highest BCUT2D eigenvalue weighted by Crippen LogP contribution is 2.08. The standard InChI is InChI=1S/C11H10N2O2S/c1-2-15-11(14)9(7-12)6-8-4-3-5-13-10(8)16/h3-6H,2H2,1H3,(H,13,16)/b9-6+. The second-order valence-corrected chi connectivity index (χ2v) is 3.25. The van der Waals surface area contributed by atoms with Gasteiger partial charge in [-0.2, -0.15) is 5.26 Å². The van der Waals surface area contributed by atoms with Crippen LogP contribution in [0.25, 0.3) is 6.08 Å². The molecular weight excluding hydrogens is 224 g/mol. The number of nitrogens with one attached hydrogen (secondary N) is 1. The maximum Gasteiger partial charge on any atom is 0.348 e. The highest BCUT2D eigenvalue weighted by atomic mass is 32.1. The number of aromatic nitrogens is 1. The summed E-state index contributed by atoms with van der Waals surface area (Å²) in [6.07, 6.45) is 3.09. The van der Waals surface area contributed by atoms with Gasteiger partial charge in [-0.25, -0.2) is 4.79 Å². The van der Waals surface area contributed by atoms with Gasteiger partial charge in [0.05, 0.1) is 6.61 Å². The van der Waals surface area contributed by atoms with Crippen LogP contribution in [-0.4, -0.2) is 17.6 Å². The number of ether oxygens (including phenoxy) is 1. The number of carbonyl (C=O) groups excluding carboxylic acids is 1. The molecule has 0 saturated heterocycles. The normalized spacial score (nSPS) is 10.6. The fraction of sp³-hybridized carbons (Fsp3) is 0.182. The van der Waals surface area contributed by atoms with Crippen molar-refractivity contribution in [1.29, 1.82) is 5.26 Å². The van der Waals surface area contributed by atoms with Gasteiger partial charge in [0.1, 0.15) is 16.3 Å². The lowest BCUT2D eigenvalue weighted by Gasteiger charge is -1.99. The molecule has 82 valence electrons. The topological polar surface area (TPSA) is 65.9 Å². The van der Waals surface area contributed by atoms with Crippen molar-refractivity contribution in [2.75, 3.05) is 6.61 Å². The van der Waals surface area contributed by atoms with Gasteiger partial charge in [-0.05, 0) is 19.1 Å². The lowest BCUT2D eigenvalue weighted by atomic mass is 10.2. The summed E-state index contributed by atoms with van der Waals surface area (Å²) in [6.45, 7) is 1.92. The first-order chi connectivity index (χ1) is 7.69. The van der Waals surface area contributed by atoms with Crippen LogP contribution in [0.4, 0.5) is 0 Å². The molecule has 1 heterocycles. The molecule has 16 heavy (non-hydrogen) atoms. The number of rotatable bonds is 3. The van der Waals surface area contributed by atoms with Gasteiger partial charge in [0.15, 0.2) is 0 Å². The number of hydrogen-bond donors (Lipinski definition) is 1. The summed E-state index contributed by atoms with van der Waals surface area (Å²) in [5, 5.41) is 8.81. The molecule has 0 aliphatic carbocycles. The van der Waals surface area contributed by atoms with Crippen molar-refractivity contribution >= 4 is 24.3 Å². The van der Waals surface area contributed by atoms with Crippen molar-refractivity contribution in [3.05, 3.63) is 34.1 Å². The van der Waals surface area contributed by atoms with Crippen molar-refractivity contribution in [3.8, 4) is 6.07 Å². The third-order valence-electron chi connectivity index (χ3n) is 1.76. The molecule has 0 aliphatic heterocycles. The van der Waals surface area contributed by atoms with E-state index in [1.165, 1.54) is 6.08 Å². The average molecular weight is 234 g/mol. The van der Waals surface area contributed by atoms with E-state index in [0.29, 0.717) is 10.2 Å². The lowest BCUT2D eigenvalue weighted by molar-refractivity contribution is -0.137. The first-order valence-electron chi connectivity index (χ1n) is 4.65. The molecule has 1 aromatic heterocycles. The summed E-state index contributed by atoms with van der Waals surface area (Å²) in [7, 11) is 0. The molecule has 1 rings (SSSR count). The highest BCUT2D eigenvalue weighted by Gasteiger charge is 2.09. The molecule has 0 atom stereocenters. The number of carbonyl (C=O) groups is 1. The molecule has 0 amide bonds. The van der Waals surface area contributed by atoms with Crippen LogP contribution < -0.4 is 0 Å². The van der Waals surface area contributed by atoms with Crippen molar-refractivity contribution in [2.45, 2.75) is 6.92 Å². The van der Waals surface area contributed by atoms with Crippen molar-refractivity contribution in [1.82, 2.24) is 4.98 Å². The van der Waals surface area contributed by atoms with E-state index in [0.717, 1.165) is 0 Å². The molecule has 0 saturated carbocycles. The van der Waals surface area contributed by atoms with Crippen LogP contribution in [0, 0.1) is 16.0 Å². The van der Waals surface area contributed by atoms with E-state index in [4.69, 9.17) is 22.2 Å². The molecular formula is C11H10N2O2S. The number of hydrogen-bond acceptors (Lipinski definition) is 4. The molecule has 4 nitrogen and oxygen atoms in total. The van der Waals surface area contributed by atoms with Gasteiger partial charge < -0.3 is 9.72 Å². The minimum Gasteiger partial charge on any atom is -0.462 e.